The van der Waals surface area contributed by atoms with Crippen LogP contribution in [-0.2, 0) is 85.6 Å². The number of piperidine rings is 2. The van der Waals surface area contributed by atoms with E-state index in [1.165, 1.54) is 32.4 Å². The van der Waals surface area contributed by atoms with Gasteiger partial charge in [-0.2, -0.15) is 0 Å². The number of alkyl halides is 7. The second-order valence-corrected chi connectivity index (χ2v) is 74.9. The van der Waals surface area contributed by atoms with Gasteiger partial charge in [0.2, 0.25) is 0 Å². The van der Waals surface area contributed by atoms with Gasteiger partial charge < -0.3 is 131 Å². The number of benzene rings is 5. The fourth-order valence-electron chi connectivity index (χ4n) is 13.8. The van der Waals surface area contributed by atoms with Crippen molar-refractivity contribution in [3.8, 4) is 0 Å². The standard InChI is InChI=1S/C17H22I3NO5.2C15H18I3NO4.C15H14I3NO3.C15H16I3NO2.4C4H7IO2.C2HI3O2/c18-13-11-14(16(20)15(19)12-13)17(22)26-10-9-25-8-7-24-6-3-21-1-4-23-5-2-21;2*16-11-9-12(14(18)13(17)10-11)15(20)23-8-7-22-6-3-19-1-4-21-5-2-19;1-19-8-4-9(20)6-12(19)13(5-8)22-15(21)10-2-7(16)3-11(17)14(10)18;1-19-9-2-3-10(19)7-11(6-9)21-15(20)12-4-8(16)5-13(17)14(12)18;4*1-4(2,5)3(6)7;3-2(4,5)1(6)7/h11-12H,1-10H2;2*9-10H,1-8H2;2-3,8,12-13H,4-6H2,1H3;4-5,9-11H,2-3,6-7H2,1H3;4*1-2H3,(H,6,7);(H,6,7). The lowest BCUT2D eigenvalue weighted by Gasteiger charge is -2.33. The van der Waals surface area contributed by atoms with Crippen LogP contribution in [0.5, 0.6) is 0 Å². The van der Waals surface area contributed by atoms with E-state index in [1.807, 2.05) is 54.6 Å². The normalized spacial score (nSPS) is 18.9. The SMILES string of the molecule is CC(C)(I)C(=O)[O-].CC(C)(I)C(=O)[O-].CC(C)(I)C(=O)[O-].CC(C)(I)C(=O)[O-].C[NH+]1C2CC(=O)CC1C(OC(=O)c1cc(I)cc(I)c1I)C2.C[NH+]1C2CCC1CC(OC(=O)c1cc(I)cc(I)c1I)C2.O=C(OCCOCCOCC[NH+]1CCOCC1)c1cc(I)cc(I)c1I.O=C(OCCOCC[NH+]1CCOCC1)c1cc(I)cc(I)c1I.O=C(OCCOCC[NH+]1CCOCC1)c1cc(I)cc(I)c1I.O=C([O-])C(I)(I)I. The third-order valence-electron chi connectivity index (χ3n) is 22.3. The summed E-state index contributed by atoms with van der Waals surface area (Å²) in [7, 11) is 4.39. The number of ether oxygens (including phenoxy) is 12. The van der Waals surface area contributed by atoms with E-state index < -0.39 is 43.0 Å². The number of likely N-dealkylation sites (N-methyl/N-ethyl adjacent to an activating group) is 1. The Morgan fingerprint density at radius 1 is 0.320 bits per heavy atom. The number of aliphatic carboxylic acids is 5. The molecule has 4 bridgehead atoms. The van der Waals surface area contributed by atoms with Crippen molar-refractivity contribution in [2.45, 2.75) is 150 Å². The van der Waals surface area contributed by atoms with Crippen molar-refractivity contribution in [2.24, 2.45) is 0 Å². The molecular weight excluding hydrogens is 4450 g/mol. The van der Waals surface area contributed by atoms with Crippen LogP contribution in [0.4, 0.5) is 0 Å². The molecule has 6 unspecified atom stereocenters. The predicted molar refractivity (Wildman–Crippen MR) is 743 cm³/mol. The van der Waals surface area contributed by atoms with Gasteiger partial charge in [0.25, 0.3) is 0 Å². The third kappa shape index (κ3) is 61.1. The molecule has 7 fully saturated rings. The second kappa shape index (κ2) is 78.1. The minimum Gasteiger partial charge on any atom is -0.549 e. The van der Waals surface area contributed by atoms with E-state index in [0.29, 0.717) is 111 Å². The summed E-state index contributed by atoms with van der Waals surface area (Å²) in [6.07, 6.45) is 6.51. The number of hydrogen-bond acceptors (Lipinski definition) is 28. The summed E-state index contributed by atoms with van der Waals surface area (Å²) >= 11 is 45.8. The fraction of sp³-hybridized carbons (Fsp3) is 0.568. The summed E-state index contributed by atoms with van der Waals surface area (Å²) in [5.74, 6) is -6.12. The lowest BCUT2D eigenvalue weighted by molar-refractivity contribution is -0.923. The van der Waals surface area contributed by atoms with Crippen molar-refractivity contribution >= 4 is 562 Å². The number of carbonyl (C=O) groups is 11. The van der Waals surface area contributed by atoms with Crippen LogP contribution in [0.15, 0.2) is 60.7 Å². The minimum absolute atomic E-state index is 0.102. The van der Waals surface area contributed by atoms with Crippen molar-refractivity contribution in [1.29, 1.82) is 0 Å². The molecule has 7 saturated heterocycles. The van der Waals surface area contributed by atoms with E-state index >= 15 is 0 Å². The molecule has 5 aromatic rings. The lowest BCUT2D eigenvalue weighted by atomic mass is 10.0. The number of Topliss-reactive ketones (excluding diaryl/α,β-unsaturated/α-hetero) is 1. The van der Waals surface area contributed by atoms with Crippen molar-refractivity contribution in [1.82, 2.24) is 0 Å². The van der Waals surface area contributed by atoms with Gasteiger partial charge >= 0.3 is 29.8 Å². The highest BCUT2D eigenvalue weighted by Gasteiger charge is 2.51. The van der Waals surface area contributed by atoms with Crippen LogP contribution in [0, 0.1) is 53.6 Å². The maximum absolute atomic E-state index is 12.6. The van der Waals surface area contributed by atoms with Crippen LogP contribution in [-0.4, -0.2) is 300 Å². The summed E-state index contributed by atoms with van der Waals surface area (Å²) in [4.78, 5) is 130. The number of carboxylic acids is 5. The minimum atomic E-state index is -1.05. The molecule has 7 aliphatic rings. The van der Waals surface area contributed by atoms with Crippen LogP contribution < -0.4 is 50.0 Å². The molecule has 0 aromatic heterocycles. The average molecular weight is 4570 g/mol. The number of rotatable bonds is 33. The maximum Gasteiger partial charge on any atom is 0.339 e. The average Bonchev–Trinajstić information content (AvgIpc) is 1.62. The van der Waals surface area contributed by atoms with E-state index in [-0.39, 0.29) is 67.9 Å². The number of esters is 5. The Morgan fingerprint density at radius 3 is 0.800 bits per heavy atom. The molecule has 55 heteroatoms. The number of morpholine rings is 3. The molecule has 7 heterocycles. The maximum atomic E-state index is 12.6. The highest BCUT2D eigenvalue weighted by Crippen LogP contribution is 2.36. The van der Waals surface area contributed by atoms with Crippen LogP contribution in [0.2, 0.25) is 0 Å². The summed E-state index contributed by atoms with van der Waals surface area (Å²) < 4.78 is 77.2. The number of halogens is 22. The van der Waals surface area contributed by atoms with Gasteiger partial charge in [-0.3, -0.25) is 4.79 Å². The van der Waals surface area contributed by atoms with Gasteiger partial charge in [0.05, 0.1) is 209 Å². The van der Waals surface area contributed by atoms with Crippen molar-refractivity contribution in [3.05, 3.63) is 142 Å². The molecule has 0 saturated carbocycles. The Bertz CT molecular complexity index is 4940. The smallest absolute Gasteiger partial charge is 0.339 e. The first-order valence-corrected chi connectivity index (χ1v) is 69.8. The van der Waals surface area contributed by atoms with E-state index in [9.17, 15) is 78.3 Å². The predicted octanol–water partition coefficient (Wildman–Crippen LogP) is 10.2. The first-order chi connectivity index (χ1) is 69.8. The quantitative estimate of drug-likeness (QED) is 0.00650. The molecule has 150 heavy (non-hydrogen) atoms. The highest BCUT2D eigenvalue weighted by molar-refractivity contribution is 14.3. The highest BCUT2D eigenvalue weighted by atomic mass is 127. The number of carboxylic acid groups (broad SMARTS) is 5. The molecular formula is C95H117I22N5O28. The lowest BCUT2D eigenvalue weighted by Crippen LogP contribution is -3.16. The van der Waals surface area contributed by atoms with Crippen molar-refractivity contribution < 1.29 is 160 Å². The largest absolute Gasteiger partial charge is 0.549 e. The first kappa shape index (κ1) is 150. The first-order valence-electron chi connectivity index (χ1n) is 46.1. The van der Waals surface area contributed by atoms with Crippen LogP contribution in [0.25, 0.3) is 0 Å². The Hall–Kier alpha value is 6.05. The van der Waals surface area contributed by atoms with Gasteiger partial charge in [-0.25, -0.2) is 24.0 Å². The van der Waals surface area contributed by atoms with Crippen LogP contribution in [0.3, 0.4) is 0 Å². The molecule has 0 spiro atoms. The summed E-state index contributed by atoms with van der Waals surface area (Å²) in [5, 5.41) is 49.5. The molecule has 0 aliphatic carbocycles. The van der Waals surface area contributed by atoms with Gasteiger partial charge in [-0.1, -0.05) is 90.4 Å². The zero-order chi connectivity index (χ0) is 114. The van der Waals surface area contributed by atoms with Gasteiger partial charge in [-0.05, 0) is 523 Å². The van der Waals surface area contributed by atoms with Gasteiger partial charge in [0.15, 0.2) is 5.54 Å². The van der Waals surface area contributed by atoms with E-state index in [0.717, 1.165) is 178 Å². The second-order valence-electron chi connectivity index (χ2n) is 35.7. The molecule has 844 valence electrons. The molecule has 33 nitrogen and oxygen atoms in total. The topological polar surface area (TPSA) is 436 Å². The number of fused-ring (bicyclic) bond motifs is 4. The van der Waals surface area contributed by atoms with Crippen molar-refractivity contribution in [2.75, 3.05) is 185 Å². The molecule has 7 aliphatic heterocycles. The Balaban J connectivity index is 0.000000445. The molecule has 5 N–H and O–H groups in total. The molecule has 6 atom stereocenters. The van der Waals surface area contributed by atoms with E-state index in [2.05, 4.69) is 359 Å². The van der Waals surface area contributed by atoms with Gasteiger partial charge in [0.1, 0.15) is 96.7 Å². The third-order valence-corrected chi connectivity index (χ3v) is 43.7. The number of carbonyl (C=O) groups excluding carboxylic acids is 11. The number of quaternary nitrogens is 5. The number of hydrogen-bond donors (Lipinski definition) is 5. The molecule has 0 amide bonds. The monoisotopic (exact) mass is 4570 g/mol. The zero-order valence-electron chi connectivity index (χ0n) is 82.8. The zero-order valence-corrected chi connectivity index (χ0v) is 130. The van der Waals surface area contributed by atoms with E-state index in [4.69, 9.17) is 56.8 Å². The van der Waals surface area contributed by atoms with Crippen LogP contribution in [0.1, 0.15) is 152 Å². The summed E-state index contributed by atoms with van der Waals surface area (Å²) in [6, 6.07) is 21.4. The Morgan fingerprint density at radius 2 is 0.553 bits per heavy atom. The van der Waals surface area contributed by atoms with Crippen LogP contribution >= 0.6 is 497 Å². The molecule has 12 rings (SSSR count). The molecule has 5 aromatic carbocycles. The molecule has 0 radical (unpaired) electrons. The number of nitrogens with one attached hydrogen (secondary N) is 5. The van der Waals surface area contributed by atoms with Crippen molar-refractivity contribution in [3.63, 3.8) is 0 Å². The number of ketones is 1. The van der Waals surface area contributed by atoms with Gasteiger partial charge in [-0.15, -0.1) is 0 Å². The van der Waals surface area contributed by atoms with E-state index in [1.54, 1.807) is 218 Å². The summed E-state index contributed by atoms with van der Waals surface area (Å²) in [6.45, 7) is 32.2. The Labute approximate surface area is 1180 Å². The Kier molecular flexibility index (Phi) is 78.2. The van der Waals surface area contributed by atoms with Gasteiger partial charge in [0, 0.05) is 85.7 Å². The fourth-order valence-corrected chi connectivity index (χ4v) is 25.7. The summed E-state index contributed by atoms with van der Waals surface area (Å²) in [5.41, 5.74) is 3.20.